The summed E-state index contributed by atoms with van der Waals surface area (Å²) >= 11 is 0. The molecular formula is C15H25N3. The van der Waals surface area contributed by atoms with E-state index in [1.807, 2.05) is 0 Å². The molecule has 0 aromatic rings. The maximum atomic E-state index is 9.71. The molecule has 18 heavy (non-hydrogen) atoms. The van der Waals surface area contributed by atoms with Crippen molar-refractivity contribution in [1.82, 2.24) is 10.2 Å². The zero-order valence-electron chi connectivity index (χ0n) is 11.4. The van der Waals surface area contributed by atoms with E-state index in [2.05, 4.69) is 16.3 Å². The number of rotatable bonds is 1. The second-order valence-corrected chi connectivity index (χ2v) is 6.59. The monoisotopic (exact) mass is 247 g/mol. The van der Waals surface area contributed by atoms with Gasteiger partial charge in [-0.1, -0.05) is 12.8 Å². The van der Waals surface area contributed by atoms with Crippen LogP contribution in [0.15, 0.2) is 0 Å². The summed E-state index contributed by atoms with van der Waals surface area (Å²) < 4.78 is 0. The van der Waals surface area contributed by atoms with E-state index >= 15 is 0 Å². The van der Waals surface area contributed by atoms with E-state index in [1.165, 1.54) is 38.5 Å². The van der Waals surface area contributed by atoms with Gasteiger partial charge >= 0.3 is 0 Å². The Hall–Kier alpha value is -0.590. The first-order chi connectivity index (χ1) is 8.79. The van der Waals surface area contributed by atoms with Gasteiger partial charge in [0.2, 0.25) is 0 Å². The second kappa shape index (κ2) is 4.83. The summed E-state index contributed by atoms with van der Waals surface area (Å²) in [5, 5.41) is 13.1. The second-order valence-electron chi connectivity index (χ2n) is 6.59. The first-order valence-corrected chi connectivity index (χ1v) is 7.66. The highest BCUT2D eigenvalue weighted by Crippen LogP contribution is 2.52. The van der Waals surface area contributed by atoms with Crippen molar-refractivity contribution in [2.75, 3.05) is 26.2 Å². The normalized spacial score (nSPS) is 31.3. The van der Waals surface area contributed by atoms with Gasteiger partial charge in [0, 0.05) is 26.2 Å². The highest BCUT2D eigenvalue weighted by atomic mass is 15.2. The van der Waals surface area contributed by atoms with Gasteiger partial charge in [-0.15, -0.1) is 0 Å². The molecule has 3 nitrogen and oxygen atoms in total. The van der Waals surface area contributed by atoms with Crippen LogP contribution in [0.25, 0.3) is 0 Å². The van der Waals surface area contributed by atoms with Crippen molar-refractivity contribution < 1.29 is 0 Å². The molecule has 1 aliphatic heterocycles. The van der Waals surface area contributed by atoms with E-state index in [0.29, 0.717) is 5.41 Å². The molecule has 1 spiro atoms. The molecule has 3 fully saturated rings. The summed E-state index contributed by atoms with van der Waals surface area (Å²) in [7, 11) is 0. The van der Waals surface area contributed by atoms with E-state index in [4.69, 9.17) is 0 Å². The molecule has 0 amide bonds. The molecule has 2 saturated carbocycles. The number of hydrogen-bond donors (Lipinski definition) is 1. The molecule has 2 aliphatic carbocycles. The molecule has 3 heteroatoms. The number of nitriles is 1. The van der Waals surface area contributed by atoms with E-state index in [9.17, 15) is 5.26 Å². The van der Waals surface area contributed by atoms with Crippen molar-refractivity contribution in [3.63, 3.8) is 0 Å². The summed E-state index contributed by atoms with van der Waals surface area (Å²) in [6.45, 7) is 4.21. The molecule has 0 atom stereocenters. The lowest BCUT2D eigenvalue weighted by atomic mass is 9.66. The third kappa shape index (κ3) is 2.06. The van der Waals surface area contributed by atoms with Gasteiger partial charge in [0.15, 0.2) is 0 Å². The molecule has 100 valence electrons. The maximum Gasteiger partial charge on any atom is 0.109 e. The minimum Gasteiger partial charge on any atom is -0.314 e. The van der Waals surface area contributed by atoms with Crippen molar-refractivity contribution in [1.29, 1.82) is 5.26 Å². The highest BCUT2D eigenvalue weighted by molar-refractivity contribution is 5.13. The lowest BCUT2D eigenvalue weighted by Crippen LogP contribution is -2.57. The Morgan fingerprint density at radius 2 is 1.50 bits per heavy atom. The molecule has 0 unspecified atom stereocenters. The van der Waals surface area contributed by atoms with Crippen LogP contribution < -0.4 is 5.32 Å². The first kappa shape index (κ1) is 12.4. The Morgan fingerprint density at radius 1 is 0.889 bits per heavy atom. The summed E-state index contributed by atoms with van der Waals surface area (Å²) in [6, 6.07) is 2.69. The van der Waals surface area contributed by atoms with E-state index < -0.39 is 0 Å². The van der Waals surface area contributed by atoms with Crippen LogP contribution in [-0.2, 0) is 0 Å². The van der Waals surface area contributed by atoms with Crippen LogP contribution in [0.4, 0.5) is 0 Å². The Balaban J connectivity index is 1.69. The van der Waals surface area contributed by atoms with Crippen LogP contribution in [0.2, 0.25) is 0 Å². The largest absolute Gasteiger partial charge is 0.314 e. The molecule has 3 rings (SSSR count). The Morgan fingerprint density at radius 3 is 2.06 bits per heavy atom. The quantitative estimate of drug-likeness (QED) is 0.772. The van der Waals surface area contributed by atoms with E-state index in [-0.39, 0.29) is 5.54 Å². The third-order valence-corrected chi connectivity index (χ3v) is 5.73. The van der Waals surface area contributed by atoms with Crippen molar-refractivity contribution in [3.05, 3.63) is 0 Å². The molecule has 0 radical (unpaired) electrons. The Kier molecular flexibility index (Phi) is 3.34. The summed E-state index contributed by atoms with van der Waals surface area (Å²) in [4.78, 5) is 2.46. The van der Waals surface area contributed by atoms with Crippen LogP contribution in [0.5, 0.6) is 0 Å². The van der Waals surface area contributed by atoms with Gasteiger partial charge in [0.1, 0.15) is 5.54 Å². The van der Waals surface area contributed by atoms with Crippen LogP contribution in [-0.4, -0.2) is 36.6 Å². The van der Waals surface area contributed by atoms with Gasteiger partial charge in [-0.3, -0.25) is 4.90 Å². The fraction of sp³-hybridized carbons (Fsp3) is 0.933. The van der Waals surface area contributed by atoms with E-state index in [0.717, 1.165) is 39.0 Å². The van der Waals surface area contributed by atoms with Gasteiger partial charge in [0.05, 0.1) is 6.07 Å². The van der Waals surface area contributed by atoms with Gasteiger partial charge in [-0.25, -0.2) is 0 Å². The molecule has 0 aromatic heterocycles. The minimum absolute atomic E-state index is 0.129. The number of nitrogens with zero attached hydrogens (tertiary/aromatic N) is 2. The Labute approximate surface area is 111 Å². The maximum absolute atomic E-state index is 9.71. The highest BCUT2D eigenvalue weighted by Gasteiger charge is 2.47. The Bertz CT molecular complexity index is 322. The van der Waals surface area contributed by atoms with Crippen molar-refractivity contribution >= 4 is 0 Å². The number of piperazine rings is 1. The predicted octanol–water partition coefficient (Wildman–Crippen LogP) is 2.29. The molecule has 1 saturated heterocycles. The van der Waals surface area contributed by atoms with E-state index in [1.54, 1.807) is 0 Å². The smallest absolute Gasteiger partial charge is 0.109 e. The molecular weight excluding hydrogens is 222 g/mol. The average Bonchev–Trinajstić information content (AvgIpc) is 2.90. The fourth-order valence-corrected chi connectivity index (χ4v) is 4.41. The van der Waals surface area contributed by atoms with Crippen molar-refractivity contribution in [2.45, 2.75) is 56.9 Å². The van der Waals surface area contributed by atoms with Gasteiger partial charge in [0.25, 0.3) is 0 Å². The standard InChI is InChI=1S/C15H25N3/c16-13-15(18-11-9-17-10-12-18)7-5-14(6-8-15)3-1-2-4-14/h17H,1-12H2. The lowest BCUT2D eigenvalue weighted by Gasteiger charge is -2.48. The fourth-order valence-electron chi connectivity index (χ4n) is 4.41. The van der Waals surface area contributed by atoms with Gasteiger partial charge in [-0.05, 0) is 43.9 Å². The van der Waals surface area contributed by atoms with Crippen molar-refractivity contribution in [3.8, 4) is 6.07 Å². The molecule has 1 N–H and O–H groups in total. The number of hydrogen-bond acceptors (Lipinski definition) is 3. The van der Waals surface area contributed by atoms with Crippen molar-refractivity contribution in [2.24, 2.45) is 5.41 Å². The zero-order chi connectivity index (χ0) is 12.5. The molecule has 1 heterocycles. The third-order valence-electron chi connectivity index (χ3n) is 5.73. The lowest BCUT2D eigenvalue weighted by molar-refractivity contribution is 0.0383. The van der Waals surface area contributed by atoms with Crippen LogP contribution in [0, 0.1) is 16.7 Å². The number of nitrogens with one attached hydrogen (secondary N) is 1. The van der Waals surface area contributed by atoms with Gasteiger partial charge < -0.3 is 5.32 Å². The first-order valence-electron chi connectivity index (χ1n) is 7.66. The molecule has 3 aliphatic rings. The summed E-state index contributed by atoms with van der Waals surface area (Å²) in [5.41, 5.74) is 0.504. The van der Waals surface area contributed by atoms with Gasteiger partial charge in [-0.2, -0.15) is 5.26 Å². The van der Waals surface area contributed by atoms with Crippen LogP contribution >= 0.6 is 0 Å². The zero-order valence-corrected chi connectivity index (χ0v) is 11.4. The predicted molar refractivity (Wildman–Crippen MR) is 72.2 cm³/mol. The summed E-state index contributed by atoms with van der Waals surface area (Å²) in [6.07, 6.45) is 10.5. The summed E-state index contributed by atoms with van der Waals surface area (Å²) in [5.74, 6) is 0. The molecule has 0 bridgehead atoms. The minimum atomic E-state index is -0.129. The molecule has 0 aromatic carbocycles. The SMILES string of the molecule is N#CC1(N2CCNCC2)CCC2(CCCC2)CC1. The van der Waals surface area contributed by atoms with Crippen LogP contribution in [0.3, 0.4) is 0 Å². The topological polar surface area (TPSA) is 39.1 Å². The average molecular weight is 247 g/mol. The van der Waals surface area contributed by atoms with Crippen LogP contribution in [0.1, 0.15) is 51.4 Å².